The van der Waals surface area contributed by atoms with E-state index in [9.17, 15) is 28.7 Å². The lowest BCUT2D eigenvalue weighted by molar-refractivity contribution is -0.154. The van der Waals surface area contributed by atoms with Gasteiger partial charge in [-0.05, 0) is 78.6 Å². The van der Waals surface area contributed by atoms with Crippen LogP contribution in [0.3, 0.4) is 0 Å². The maximum atomic E-state index is 14.1. The quantitative estimate of drug-likeness (QED) is 0.0677. The number of carbonyl (C=O) groups excluding carboxylic acids is 4. The van der Waals surface area contributed by atoms with Crippen LogP contribution >= 0.6 is 0 Å². The Morgan fingerprint density at radius 3 is 2.11 bits per heavy atom. The van der Waals surface area contributed by atoms with E-state index in [0.717, 1.165) is 5.56 Å². The molecule has 55 heavy (non-hydrogen) atoms. The molecule has 4 aromatic carbocycles. The van der Waals surface area contributed by atoms with Crippen molar-refractivity contribution in [3.63, 3.8) is 0 Å². The summed E-state index contributed by atoms with van der Waals surface area (Å²) in [6.07, 6.45) is 5.39. The molecule has 1 aliphatic heterocycles. The molecule has 4 aromatic rings. The number of hydrogen-bond acceptors (Lipinski definition) is 9. The van der Waals surface area contributed by atoms with Gasteiger partial charge in [-0.15, -0.1) is 6.42 Å². The molecule has 1 N–H and O–H groups in total. The molecule has 0 spiro atoms. The van der Waals surface area contributed by atoms with Gasteiger partial charge in [-0.3, -0.25) is 19.2 Å². The first kappa shape index (κ1) is 39.8. The number of amides is 1. The van der Waals surface area contributed by atoms with Gasteiger partial charge in [-0.1, -0.05) is 60.2 Å². The molecule has 1 amide bonds. The van der Waals surface area contributed by atoms with Crippen molar-refractivity contribution in [2.24, 2.45) is 5.92 Å². The minimum atomic E-state index is -2.02. The molecule has 0 aromatic heterocycles. The predicted molar refractivity (Wildman–Crippen MR) is 201 cm³/mol. The third-order valence-electron chi connectivity index (χ3n) is 8.85. The standard InChI is InChI=1S/C44H40FNO9/c1-5-32-11-18-37(19-12-32)46-42(38(43(46)50)20-22-40(55-31(4)49)35-14-16-36(45)17-15-35)39-25-33(13-21-41(39)52-26-34-9-7-6-8-10-34)23-24-44(51,27-53-29(2)47)28-54-30(3)48/h1,6-19,21,25,38,40,42,51H,20,22,26-28H2,2-4H3/t38-,40+,42+/m1/s1. The fourth-order valence-electron chi connectivity index (χ4n) is 6.16. The number of terminal acetylenes is 1. The van der Waals surface area contributed by atoms with Crippen molar-refractivity contribution < 1.29 is 47.6 Å². The number of rotatable bonds is 14. The Hall–Kier alpha value is -6.43. The van der Waals surface area contributed by atoms with Crippen molar-refractivity contribution in [2.45, 2.75) is 58.0 Å². The average Bonchev–Trinajstić information content (AvgIpc) is 3.17. The molecule has 3 atom stereocenters. The largest absolute Gasteiger partial charge is 0.489 e. The van der Waals surface area contributed by atoms with Gasteiger partial charge in [0.1, 0.15) is 37.5 Å². The van der Waals surface area contributed by atoms with Crippen LogP contribution < -0.4 is 9.64 Å². The number of esters is 3. The van der Waals surface area contributed by atoms with Crippen LogP contribution in [0.1, 0.15) is 73.6 Å². The van der Waals surface area contributed by atoms with Gasteiger partial charge in [-0.2, -0.15) is 0 Å². The number of benzene rings is 4. The van der Waals surface area contributed by atoms with Crippen molar-refractivity contribution in [2.75, 3.05) is 18.1 Å². The van der Waals surface area contributed by atoms with E-state index < -0.39 is 60.6 Å². The smallest absolute Gasteiger partial charge is 0.303 e. The second kappa shape index (κ2) is 18.1. The first-order chi connectivity index (χ1) is 26.4. The fourth-order valence-corrected chi connectivity index (χ4v) is 6.16. The summed E-state index contributed by atoms with van der Waals surface area (Å²) in [6.45, 7) is 2.76. The van der Waals surface area contributed by atoms with Gasteiger partial charge in [0.2, 0.25) is 5.91 Å². The van der Waals surface area contributed by atoms with E-state index in [1.54, 1.807) is 59.5 Å². The van der Waals surface area contributed by atoms with Gasteiger partial charge in [0.25, 0.3) is 0 Å². The Morgan fingerprint density at radius 1 is 0.873 bits per heavy atom. The van der Waals surface area contributed by atoms with Crippen LogP contribution in [-0.2, 0) is 40.0 Å². The predicted octanol–water partition coefficient (Wildman–Crippen LogP) is 6.38. The van der Waals surface area contributed by atoms with E-state index in [4.69, 9.17) is 25.4 Å². The summed E-state index contributed by atoms with van der Waals surface area (Å²) >= 11 is 0. The molecule has 0 unspecified atom stereocenters. The molecule has 282 valence electrons. The minimum Gasteiger partial charge on any atom is -0.489 e. The van der Waals surface area contributed by atoms with Crippen molar-refractivity contribution in [1.29, 1.82) is 0 Å². The number of ether oxygens (including phenoxy) is 4. The zero-order valence-electron chi connectivity index (χ0n) is 30.6. The molecule has 0 saturated carbocycles. The van der Waals surface area contributed by atoms with Gasteiger partial charge in [0.15, 0.2) is 5.60 Å². The van der Waals surface area contributed by atoms with Crippen molar-refractivity contribution in [1.82, 2.24) is 0 Å². The molecule has 11 heteroatoms. The SMILES string of the molecule is C#Cc1ccc(N2C(=O)[C@H](CC[C@H](OC(C)=O)c3ccc(F)cc3)[C@H]2c2cc(C#CC(O)(COC(C)=O)COC(C)=O)ccc2OCc2ccccc2)cc1. The fraction of sp³-hybridized carbons (Fsp3) is 0.273. The topological polar surface area (TPSA) is 129 Å². The summed E-state index contributed by atoms with van der Waals surface area (Å²) in [5.74, 6) is 5.57. The molecule has 1 aliphatic rings. The lowest BCUT2D eigenvalue weighted by Gasteiger charge is -2.48. The summed E-state index contributed by atoms with van der Waals surface area (Å²) in [4.78, 5) is 51.0. The average molecular weight is 746 g/mol. The summed E-state index contributed by atoms with van der Waals surface area (Å²) in [7, 11) is 0. The zero-order chi connectivity index (χ0) is 39.5. The Bertz CT molecular complexity index is 2100. The molecule has 1 saturated heterocycles. The lowest BCUT2D eigenvalue weighted by atomic mass is 9.77. The number of β-lactam (4-membered cyclic amide) rings is 1. The maximum absolute atomic E-state index is 14.1. The first-order valence-corrected chi connectivity index (χ1v) is 17.5. The van der Waals surface area contributed by atoms with Crippen LogP contribution in [0.2, 0.25) is 0 Å². The van der Waals surface area contributed by atoms with E-state index in [0.29, 0.717) is 33.7 Å². The second-order valence-corrected chi connectivity index (χ2v) is 13.0. The van der Waals surface area contributed by atoms with Gasteiger partial charge in [0.05, 0.1) is 12.0 Å². The second-order valence-electron chi connectivity index (χ2n) is 13.0. The van der Waals surface area contributed by atoms with Crippen molar-refractivity contribution in [3.8, 4) is 29.9 Å². The molecule has 0 aliphatic carbocycles. The lowest BCUT2D eigenvalue weighted by Crippen LogP contribution is -2.55. The van der Waals surface area contributed by atoms with E-state index in [1.165, 1.54) is 32.9 Å². The molecular formula is C44H40FNO9. The van der Waals surface area contributed by atoms with E-state index in [-0.39, 0.29) is 25.4 Å². The highest BCUT2D eigenvalue weighted by Crippen LogP contribution is 2.49. The van der Waals surface area contributed by atoms with Gasteiger partial charge < -0.3 is 29.0 Å². The third-order valence-corrected chi connectivity index (χ3v) is 8.85. The van der Waals surface area contributed by atoms with Crippen molar-refractivity contribution in [3.05, 3.63) is 131 Å². The first-order valence-electron chi connectivity index (χ1n) is 17.5. The Kier molecular flexibility index (Phi) is 13.1. The normalized spacial score (nSPS) is 15.3. The number of carbonyl (C=O) groups is 4. The summed E-state index contributed by atoms with van der Waals surface area (Å²) in [5.41, 5.74) is 1.70. The number of nitrogens with zero attached hydrogens (tertiary/aromatic N) is 1. The number of anilines is 1. The van der Waals surface area contributed by atoms with Crippen LogP contribution in [-0.4, -0.2) is 47.7 Å². The van der Waals surface area contributed by atoms with E-state index in [1.807, 2.05) is 30.3 Å². The highest BCUT2D eigenvalue weighted by molar-refractivity contribution is 6.03. The summed E-state index contributed by atoms with van der Waals surface area (Å²) in [6, 6.07) is 26.7. The molecular weight excluding hydrogens is 705 g/mol. The third kappa shape index (κ3) is 10.6. The molecule has 0 bridgehead atoms. The van der Waals surface area contributed by atoms with Crippen LogP contribution in [0.5, 0.6) is 5.75 Å². The monoisotopic (exact) mass is 745 g/mol. The maximum Gasteiger partial charge on any atom is 0.303 e. The van der Waals surface area contributed by atoms with Crippen LogP contribution in [0.25, 0.3) is 0 Å². The molecule has 1 fully saturated rings. The number of halogens is 1. The van der Waals surface area contributed by atoms with E-state index in [2.05, 4.69) is 17.8 Å². The zero-order valence-corrected chi connectivity index (χ0v) is 30.6. The summed E-state index contributed by atoms with van der Waals surface area (Å²) < 4.78 is 35.8. The Morgan fingerprint density at radius 2 is 1.51 bits per heavy atom. The van der Waals surface area contributed by atoms with Crippen LogP contribution in [0, 0.1) is 35.9 Å². The van der Waals surface area contributed by atoms with Crippen molar-refractivity contribution >= 4 is 29.5 Å². The van der Waals surface area contributed by atoms with Gasteiger partial charge >= 0.3 is 17.9 Å². The number of hydrogen-bond donors (Lipinski definition) is 1. The molecule has 0 radical (unpaired) electrons. The molecule has 1 heterocycles. The van der Waals surface area contributed by atoms with Gasteiger partial charge in [-0.25, -0.2) is 4.39 Å². The summed E-state index contributed by atoms with van der Waals surface area (Å²) in [5, 5.41) is 11.2. The Balaban J connectivity index is 1.57. The van der Waals surface area contributed by atoms with E-state index >= 15 is 0 Å². The highest BCUT2D eigenvalue weighted by atomic mass is 19.1. The molecule has 5 rings (SSSR count). The minimum absolute atomic E-state index is 0.193. The van der Waals surface area contributed by atoms with Crippen LogP contribution in [0.4, 0.5) is 10.1 Å². The van der Waals surface area contributed by atoms with Gasteiger partial charge in [0, 0.05) is 43.1 Å². The highest BCUT2D eigenvalue weighted by Gasteiger charge is 2.50. The Labute approximate surface area is 319 Å². The molecule has 10 nitrogen and oxygen atoms in total. The number of aliphatic hydroxyl groups is 1. The van der Waals surface area contributed by atoms with Crippen LogP contribution in [0.15, 0.2) is 97.1 Å².